The smallest absolute Gasteiger partial charge is 0.225 e. The third-order valence-electron chi connectivity index (χ3n) is 5.04. The summed E-state index contributed by atoms with van der Waals surface area (Å²) in [5.74, 6) is 1.56. The van der Waals surface area contributed by atoms with Gasteiger partial charge in [-0.15, -0.1) is 0 Å². The molecule has 0 unspecified atom stereocenters. The Hall–Kier alpha value is -2.34. The first-order chi connectivity index (χ1) is 13.4. The van der Waals surface area contributed by atoms with Crippen LogP contribution >= 0.6 is 0 Å². The van der Waals surface area contributed by atoms with Crippen LogP contribution in [0.1, 0.15) is 56.7 Å². The van der Waals surface area contributed by atoms with Gasteiger partial charge in [0.15, 0.2) is 0 Å². The number of H-pyrrole nitrogens is 1. The molecule has 1 aliphatic rings. The summed E-state index contributed by atoms with van der Waals surface area (Å²) in [5.41, 5.74) is 3.16. The highest BCUT2D eigenvalue weighted by Crippen LogP contribution is 2.23. The van der Waals surface area contributed by atoms with E-state index in [1.54, 1.807) is 0 Å². The predicted molar refractivity (Wildman–Crippen MR) is 108 cm³/mol. The van der Waals surface area contributed by atoms with Gasteiger partial charge in [0.2, 0.25) is 5.91 Å². The van der Waals surface area contributed by atoms with Crippen molar-refractivity contribution in [2.45, 2.75) is 46.1 Å². The maximum Gasteiger partial charge on any atom is 0.225 e. The fourth-order valence-electron chi connectivity index (χ4n) is 3.29. The maximum atomic E-state index is 12.2. The van der Waals surface area contributed by atoms with E-state index in [1.165, 1.54) is 5.56 Å². The summed E-state index contributed by atoms with van der Waals surface area (Å²) >= 11 is 0. The van der Waals surface area contributed by atoms with Crippen LogP contribution in [-0.2, 0) is 16.0 Å². The molecule has 0 spiro atoms. The van der Waals surface area contributed by atoms with Crippen molar-refractivity contribution in [2.24, 2.45) is 5.92 Å². The van der Waals surface area contributed by atoms with Gasteiger partial charge in [-0.1, -0.05) is 39.8 Å². The van der Waals surface area contributed by atoms with Crippen molar-refractivity contribution in [1.29, 1.82) is 0 Å². The van der Waals surface area contributed by atoms with E-state index >= 15 is 0 Å². The Morgan fingerprint density at radius 1 is 1.29 bits per heavy atom. The number of benzene rings is 1. The van der Waals surface area contributed by atoms with Gasteiger partial charge in [-0.25, -0.2) is 0 Å². The zero-order chi connectivity index (χ0) is 20.1. The number of nitrogens with zero attached hydrogens (tertiary/aromatic N) is 2. The molecule has 1 fully saturated rings. The molecule has 2 aromatic rings. The van der Waals surface area contributed by atoms with E-state index in [1.807, 2.05) is 36.9 Å². The number of hydrogen-bond acceptors (Lipinski definition) is 4. The topological polar surface area (TPSA) is 67.5 Å². The third-order valence-corrected chi connectivity index (χ3v) is 5.04. The first-order valence-electron chi connectivity index (χ1n) is 10.1. The SMILES string of the molecule is CC(C)C(=O)N1CCO[C@@H](c2cc(CCOc3ccc(C(C)C)cc3)[nH]n2)C1. The summed E-state index contributed by atoms with van der Waals surface area (Å²) in [6.07, 6.45) is 0.561. The van der Waals surface area contributed by atoms with E-state index in [0.29, 0.717) is 32.2 Å². The van der Waals surface area contributed by atoms with Crippen LogP contribution in [0.4, 0.5) is 0 Å². The van der Waals surface area contributed by atoms with Crippen molar-refractivity contribution >= 4 is 5.91 Å². The van der Waals surface area contributed by atoms with Crippen LogP contribution in [0.5, 0.6) is 5.75 Å². The monoisotopic (exact) mass is 385 g/mol. The van der Waals surface area contributed by atoms with Gasteiger partial charge in [-0.05, 0) is 29.7 Å². The molecule has 1 atom stereocenters. The van der Waals surface area contributed by atoms with Crippen molar-refractivity contribution in [3.05, 3.63) is 47.3 Å². The third kappa shape index (κ3) is 5.13. The van der Waals surface area contributed by atoms with Gasteiger partial charge in [0.25, 0.3) is 0 Å². The lowest BCUT2D eigenvalue weighted by molar-refractivity contribution is -0.142. The number of carbonyl (C=O) groups is 1. The molecule has 152 valence electrons. The van der Waals surface area contributed by atoms with Gasteiger partial charge < -0.3 is 14.4 Å². The van der Waals surface area contributed by atoms with Crippen LogP contribution < -0.4 is 4.74 Å². The average Bonchev–Trinajstić information content (AvgIpc) is 3.17. The standard InChI is InChI=1S/C22H31N3O3/c1-15(2)17-5-7-19(8-6-17)27-11-9-18-13-20(24-23-18)21-14-25(10-12-28-21)22(26)16(3)4/h5-8,13,15-16,21H,9-12,14H2,1-4H3,(H,23,24)/t21-/m1/s1. The molecule has 6 nitrogen and oxygen atoms in total. The van der Waals surface area contributed by atoms with Crippen LogP contribution in [0.3, 0.4) is 0 Å². The van der Waals surface area contributed by atoms with Crippen LogP contribution in [0, 0.1) is 5.92 Å². The summed E-state index contributed by atoms with van der Waals surface area (Å²) in [6, 6.07) is 10.3. The predicted octanol–water partition coefficient (Wildman–Crippen LogP) is 3.71. The lowest BCUT2D eigenvalue weighted by Crippen LogP contribution is -2.44. The van der Waals surface area contributed by atoms with Gasteiger partial charge in [-0.2, -0.15) is 5.10 Å². The van der Waals surface area contributed by atoms with Gasteiger partial charge in [0.1, 0.15) is 11.9 Å². The Bertz CT molecular complexity index is 768. The van der Waals surface area contributed by atoms with Crippen molar-refractivity contribution < 1.29 is 14.3 Å². The number of ether oxygens (including phenoxy) is 2. The number of carbonyl (C=O) groups excluding carboxylic acids is 1. The summed E-state index contributed by atoms with van der Waals surface area (Å²) in [6.45, 7) is 10.5. The highest BCUT2D eigenvalue weighted by Gasteiger charge is 2.28. The average molecular weight is 386 g/mol. The van der Waals surface area contributed by atoms with Crippen molar-refractivity contribution in [1.82, 2.24) is 15.1 Å². The van der Waals surface area contributed by atoms with E-state index in [-0.39, 0.29) is 17.9 Å². The molecule has 1 aromatic carbocycles. The molecule has 0 radical (unpaired) electrons. The molecule has 3 rings (SSSR count). The number of rotatable bonds is 7. The zero-order valence-electron chi connectivity index (χ0n) is 17.3. The molecule has 0 bridgehead atoms. The number of morpholine rings is 1. The van der Waals surface area contributed by atoms with Crippen LogP contribution in [0.25, 0.3) is 0 Å². The Labute approximate surface area is 167 Å². The van der Waals surface area contributed by atoms with E-state index in [2.05, 4.69) is 36.2 Å². The first-order valence-corrected chi connectivity index (χ1v) is 10.1. The van der Waals surface area contributed by atoms with Gasteiger partial charge in [0, 0.05) is 24.6 Å². The normalized spacial score (nSPS) is 17.4. The van der Waals surface area contributed by atoms with Gasteiger partial charge >= 0.3 is 0 Å². The quantitative estimate of drug-likeness (QED) is 0.789. The summed E-state index contributed by atoms with van der Waals surface area (Å²) < 4.78 is 11.7. The second-order valence-corrected chi connectivity index (χ2v) is 7.94. The molecule has 1 N–H and O–H groups in total. The number of aromatic amines is 1. The number of nitrogens with one attached hydrogen (secondary N) is 1. The summed E-state index contributed by atoms with van der Waals surface area (Å²) in [5, 5.41) is 7.46. The highest BCUT2D eigenvalue weighted by atomic mass is 16.5. The minimum Gasteiger partial charge on any atom is -0.493 e. The fraction of sp³-hybridized carbons (Fsp3) is 0.545. The molecular weight excluding hydrogens is 354 g/mol. The van der Waals surface area contributed by atoms with Crippen molar-refractivity contribution in [3.8, 4) is 5.75 Å². The molecule has 28 heavy (non-hydrogen) atoms. The number of aromatic nitrogens is 2. The molecule has 1 aromatic heterocycles. The highest BCUT2D eigenvalue weighted by molar-refractivity contribution is 5.78. The molecule has 1 aliphatic heterocycles. The number of hydrogen-bond donors (Lipinski definition) is 1. The molecular formula is C22H31N3O3. The number of amides is 1. The summed E-state index contributed by atoms with van der Waals surface area (Å²) in [7, 11) is 0. The van der Waals surface area contributed by atoms with E-state index < -0.39 is 0 Å². The Morgan fingerprint density at radius 2 is 2.04 bits per heavy atom. The second kappa shape index (κ2) is 9.24. The molecule has 1 saturated heterocycles. The van der Waals surface area contributed by atoms with E-state index in [0.717, 1.165) is 23.6 Å². The Balaban J connectivity index is 1.50. The van der Waals surface area contributed by atoms with Crippen molar-refractivity contribution in [2.75, 3.05) is 26.3 Å². The lowest BCUT2D eigenvalue weighted by Gasteiger charge is -2.33. The van der Waals surface area contributed by atoms with Gasteiger partial charge in [-0.3, -0.25) is 9.89 Å². The van der Waals surface area contributed by atoms with Crippen LogP contribution in [0.2, 0.25) is 0 Å². The minimum atomic E-state index is -0.175. The van der Waals surface area contributed by atoms with E-state index in [4.69, 9.17) is 9.47 Å². The lowest BCUT2D eigenvalue weighted by atomic mass is 10.0. The summed E-state index contributed by atoms with van der Waals surface area (Å²) in [4.78, 5) is 14.1. The second-order valence-electron chi connectivity index (χ2n) is 7.94. The molecule has 0 saturated carbocycles. The zero-order valence-corrected chi connectivity index (χ0v) is 17.3. The first kappa shape index (κ1) is 20.4. The molecule has 6 heteroatoms. The van der Waals surface area contributed by atoms with Crippen LogP contribution in [0.15, 0.2) is 30.3 Å². The van der Waals surface area contributed by atoms with Crippen molar-refractivity contribution in [3.63, 3.8) is 0 Å². The van der Waals surface area contributed by atoms with Gasteiger partial charge in [0.05, 0.1) is 25.5 Å². The van der Waals surface area contributed by atoms with E-state index in [9.17, 15) is 4.79 Å². The maximum absolute atomic E-state index is 12.2. The minimum absolute atomic E-state index is 0.000229. The fourth-order valence-corrected chi connectivity index (χ4v) is 3.29. The Kier molecular flexibility index (Phi) is 6.73. The Morgan fingerprint density at radius 3 is 2.71 bits per heavy atom. The van der Waals surface area contributed by atoms with Crippen LogP contribution in [-0.4, -0.2) is 47.3 Å². The molecule has 2 heterocycles. The largest absolute Gasteiger partial charge is 0.493 e. The molecule has 1 amide bonds. The molecule has 0 aliphatic carbocycles.